The zero-order valence-electron chi connectivity index (χ0n) is 12.2. The van der Waals surface area contributed by atoms with E-state index in [0.717, 1.165) is 42.9 Å². The van der Waals surface area contributed by atoms with Crippen LogP contribution >= 0.6 is 0 Å². The average Bonchev–Trinajstić information content (AvgIpc) is 2.79. The Morgan fingerprint density at radius 2 is 2.18 bits per heavy atom. The van der Waals surface area contributed by atoms with Crippen molar-refractivity contribution in [3.63, 3.8) is 0 Å². The van der Waals surface area contributed by atoms with E-state index in [9.17, 15) is 9.59 Å². The third-order valence-corrected chi connectivity index (χ3v) is 3.82. The molecule has 1 aliphatic rings. The lowest BCUT2D eigenvalue weighted by molar-refractivity contribution is -0.137. The summed E-state index contributed by atoms with van der Waals surface area (Å²) in [6, 6.07) is 5.59. The maximum absolute atomic E-state index is 12.4. The molecule has 116 valence electrons. The molecule has 2 N–H and O–H groups in total. The molecule has 1 aromatic carbocycles. The molecule has 22 heavy (non-hydrogen) atoms. The number of rotatable bonds is 3. The molecular formula is C15H18N4O3. The van der Waals surface area contributed by atoms with E-state index >= 15 is 0 Å². The van der Waals surface area contributed by atoms with E-state index in [-0.39, 0.29) is 12.1 Å². The molecule has 0 radical (unpaired) electrons. The van der Waals surface area contributed by atoms with Gasteiger partial charge in [-0.25, -0.2) is 4.98 Å². The van der Waals surface area contributed by atoms with E-state index < -0.39 is 5.97 Å². The van der Waals surface area contributed by atoms with E-state index in [1.165, 1.54) is 6.33 Å². The zero-order chi connectivity index (χ0) is 15.5. The molecule has 1 saturated heterocycles. The SMILES string of the molecule is O=C(O)Cn1cnc2ccc(N3CCCNCC3)cc2c1=O. The summed E-state index contributed by atoms with van der Waals surface area (Å²) in [5.74, 6) is -1.06. The van der Waals surface area contributed by atoms with Crippen LogP contribution in [0, 0.1) is 0 Å². The molecule has 0 bridgehead atoms. The van der Waals surface area contributed by atoms with Gasteiger partial charge in [0.2, 0.25) is 0 Å². The normalized spacial score (nSPS) is 15.7. The smallest absolute Gasteiger partial charge is 0.323 e. The summed E-state index contributed by atoms with van der Waals surface area (Å²) in [4.78, 5) is 29.6. The predicted octanol–water partition coefficient (Wildman–Crippen LogP) is 0.281. The topological polar surface area (TPSA) is 87.5 Å². The van der Waals surface area contributed by atoms with Crippen LogP contribution in [0.15, 0.2) is 29.3 Å². The van der Waals surface area contributed by atoms with Gasteiger partial charge in [0.1, 0.15) is 6.54 Å². The van der Waals surface area contributed by atoms with Crippen molar-refractivity contribution in [2.75, 3.05) is 31.1 Å². The van der Waals surface area contributed by atoms with E-state index in [2.05, 4.69) is 15.2 Å². The average molecular weight is 302 g/mol. The number of hydrogen-bond acceptors (Lipinski definition) is 5. The van der Waals surface area contributed by atoms with Crippen molar-refractivity contribution in [1.82, 2.24) is 14.9 Å². The zero-order valence-corrected chi connectivity index (χ0v) is 12.2. The minimum Gasteiger partial charge on any atom is -0.480 e. The Labute approximate surface area is 127 Å². The quantitative estimate of drug-likeness (QED) is 0.847. The van der Waals surface area contributed by atoms with Crippen LogP contribution in [0.4, 0.5) is 5.69 Å². The summed E-state index contributed by atoms with van der Waals surface area (Å²) in [5, 5.41) is 12.6. The minimum atomic E-state index is -1.06. The summed E-state index contributed by atoms with van der Waals surface area (Å²) in [6.07, 6.45) is 2.34. The first kappa shape index (κ1) is 14.5. The Bertz CT molecular complexity index is 748. The Hall–Kier alpha value is -2.41. The van der Waals surface area contributed by atoms with E-state index in [4.69, 9.17) is 5.11 Å². The van der Waals surface area contributed by atoms with Gasteiger partial charge in [0, 0.05) is 25.3 Å². The van der Waals surface area contributed by atoms with Crippen LogP contribution in [0.3, 0.4) is 0 Å². The largest absolute Gasteiger partial charge is 0.480 e. The predicted molar refractivity (Wildman–Crippen MR) is 83.3 cm³/mol. The molecule has 0 unspecified atom stereocenters. The molecule has 1 aliphatic heterocycles. The van der Waals surface area contributed by atoms with Gasteiger partial charge in [-0.3, -0.25) is 14.2 Å². The molecule has 2 aromatic rings. The number of carboxylic acid groups (broad SMARTS) is 1. The van der Waals surface area contributed by atoms with Crippen molar-refractivity contribution in [3.8, 4) is 0 Å². The number of nitrogens with zero attached hydrogens (tertiary/aromatic N) is 3. The van der Waals surface area contributed by atoms with Crippen molar-refractivity contribution < 1.29 is 9.90 Å². The number of benzene rings is 1. The fourth-order valence-electron chi connectivity index (χ4n) is 2.71. The van der Waals surface area contributed by atoms with Crippen molar-refractivity contribution >= 4 is 22.6 Å². The van der Waals surface area contributed by atoms with Crippen LogP contribution in [-0.2, 0) is 11.3 Å². The van der Waals surface area contributed by atoms with E-state index in [0.29, 0.717) is 10.9 Å². The minimum absolute atomic E-state index is 0.317. The van der Waals surface area contributed by atoms with Gasteiger partial charge in [-0.05, 0) is 31.2 Å². The number of nitrogens with one attached hydrogen (secondary N) is 1. The molecule has 7 heteroatoms. The number of aliphatic carboxylic acids is 1. The number of anilines is 1. The van der Waals surface area contributed by atoms with Crippen LogP contribution in [0.25, 0.3) is 10.9 Å². The molecule has 0 aliphatic carbocycles. The van der Waals surface area contributed by atoms with Crippen molar-refractivity contribution in [3.05, 3.63) is 34.9 Å². The molecule has 2 heterocycles. The summed E-state index contributed by atoms with van der Waals surface area (Å²) < 4.78 is 1.12. The Morgan fingerprint density at radius 1 is 1.32 bits per heavy atom. The molecule has 1 fully saturated rings. The number of fused-ring (bicyclic) bond motifs is 1. The van der Waals surface area contributed by atoms with Gasteiger partial charge in [0.25, 0.3) is 5.56 Å². The highest BCUT2D eigenvalue weighted by atomic mass is 16.4. The van der Waals surface area contributed by atoms with Crippen LogP contribution in [0.5, 0.6) is 0 Å². The first-order chi connectivity index (χ1) is 10.6. The number of carbonyl (C=O) groups is 1. The Kier molecular flexibility index (Phi) is 4.06. The summed E-state index contributed by atoms with van der Waals surface area (Å²) in [7, 11) is 0. The van der Waals surface area contributed by atoms with Gasteiger partial charge < -0.3 is 15.3 Å². The van der Waals surface area contributed by atoms with E-state index in [1.54, 1.807) is 0 Å². The van der Waals surface area contributed by atoms with Gasteiger partial charge in [-0.15, -0.1) is 0 Å². The lowest BCUT2D eigenvalue weighted by Gasteiger charge is -2.22. The Morgan fingerprint density at radius 3 is 3.00 bits per heavy atom. The van der Waals surface area contributed by atoms with Gasteiger partial charge >= 0.3 is 5.97 Å². The molecule has 0 atom stereocenters. The maximum Gasteiger partial charge on any atom is 0.323 e. The van der Waals surface area contributed by atoms with Gasteiger partial charge in [0.05, 0.1) is 17.2 Å². The van der Waals surface area contributed by atoms with Crippen LogP contribution in [-0.4, -0.2) is 46.8 Å². The van der Waals surface area contributed by atoms with Crippen molar-refractivity contribution in [2.24, 2.45) is 0 Å². The highest BCUT2D eigenvalue weighted by Gasteiger charge is 2.12. The van der Waals surface area contributed by atoms with Crippen molar-refractivity contribution in [1.29, 1.82) is 0 Å². The molecule has 1 aromatic heterocycles. The number of carboxylic acids is 1. The lowest BCUT2D eigenvalue weighted by Crippen LogP contribution is -2.28. The van der Waals surface area contributed by atoms with Crippen LogP contribution < -0.4 is 15.8 Å². The fourth-order valence-corrected chi connectivity index (χ4v) is 2.71. The first-order valence-corrected chi connectivity index (χ1v) is 7.32. The molecule has 0 spiro atoms. The molecule has 3 rings (SSSR count). The molecular weight excluding hydrogens is 284 g/mol. The number of aromatic nitrogens is 2. The molecule has 7 nitrogen and oxygen atoms in total. The van der Waals surface area contributed by atoms with Gasteiger partial charge in [-0.2, -0.15) is 0 Å². The maximum atomic E-state index is 12.4. The second-order valence-corrected chi connectivity index (χ2v) is 5.36. The highest BCUT2D eigenvalue weighted by Crippen LogP contribution is 2.19. The van der Waals surface area contributed by atoms with Gasteiger partial charge in [-0.1, -0.05) is 0 Å². The third-order valence-electron chi connectivity index (χ3n) is 3.82. The summed E-state index contributed by atoms with van der Waals surface area (Å²) in [6.45, 7) is 3.35. The monoisotopic (exact) mass is 302 g/mol. The standard InChI is InChI=1S/C15H18N4O3/c20-14(21)9-19-10-17-13-3-2-11(8-12(13)15(19)22)18-6-1-4-16-5-7-18/h2-3,8,10,16H,1,4-7,9H2,(H,20,21). The fraction of sp³-hybridized carbons (Fsp3) is 0.400. The first-order valence-electron chi connectivity index (χ1n) is 7.32. The third kappa shape index (κ3) is 2.94. The van der Waals surface area contributed by atoms with E-state index in [1.807, 2.05) is 18.2 Å². The lowest BCUT2D eigenvalue weighted by atomic mass is 10.2. The van der Waals surface area contributed by atoms with Crippen LogP contribution in [0.1, 0.15) is 6.42 Å². The Balaban J connectivity index is 2.01. The second kappa shape index (κ2) is 6.15. The van der Waals surface area contributed by atoms with Crippen LogP contribution in [0.2, 0.25) is 0 Å². The molecule has 0 saturated carbocycles. The van der Waals surface area contributed by atoms with Gasteiger partial charge in [0.15, 0.2) is 0 Å². The van der Waals surface area contributed by atoms with Crippen molar-refractivity contribution in [2.45, 2.75) is 13.0 Å². The summed E-state index contributed by atoms with van der Waals surface area (Å²) in [5.41, 5.74) is 1.24. The highest BCUT2D eigenvalue weighted by molar-refractivity contribution is 5.82. The molecule has 0 amide bonds. The number of hydrogen-bond donors (Lipinski definition) is 2. The second-order valence-electron chi connectivity index (χ2n) is 5.36. The summed E-state index contributed by atoms with van der Waals surface area (Å²) >= 11 is 0.